The van der Waals surface area contributed by atoms with Gasteiger partial charge in [0, 0.05) is 5.02 Å². The minimum absolute atomic E-state index is 0.0836. The number of carbonyl (C=O) groups excluding carboxylic acids is 1. The molecule has 1 amide bonds. The maximum atomic E-state index is 12.0. The molecule has 2 aromatic rings. The van der Waals surface area contributed by atoms with Crippen molar-refractivity contribution in [2.24, 2.45) is 0 Å². The number of nitrogens with one attached hydrogen (secondary N) is 1. The first-order valence-corrected chi connectivity index (χ1v) is 8.70. The molecule has 7 heteroatoms. The molecule has 0 unspecified atom stereocenters. The topological polar surface area (TPSA) is 42.0 Å². The summed E-state index contributed by atoms with van der Waals surface area (Å²) in [6.07, 6.45) is 2.87. The summed E-state index contributed by atoms with van der Waals surface area (Å²) in [5.41, 5.74) is 0.663. The normalized spacial score (nSPS) is 12.6. The van der Waals surface area contributed by atoms with Crippen LogP contribution in [0.2, 0.25) is 10.0 Å². The van der Waals surface area contributed by atoms with Crippen LogP contribution < -0.4 is 5.32 Å². The number of anilines is 1. The van der Waals surface area contributed by atoms with Crippen molar-refractivity contribution in [1.29, 1.82) is 0 Å². The summed E-state index contributed by atoms with van der Waals surface area (Å²) in [5.74, 6) is -0.0836. The van der Waals surface area contributed by atoms with Gasteiger partial charge in [0.15, 0.2) is 5.13 Å². The maximum Gasteiger partial charge on any atom is 0.239 e. The molecule has 0 bridgehead atoms. The van der Waals surface area contributed by atoms with Crippen molar-refractivity contribution in [2.45, 2.75) is 31.0 Å². The minimum Gasteiger partial charge on any atom is -0.301 e. The Morgan fingerprint density at radius 3 is 2.95 bits per heavy atom. The van der Waals surface area contributed by atoms with Gasteiger partial charge in [0.25, 0.3) is 0 Å². The Morgan fingerprint density at radius 2 is 2.25 bits per heavy atom. The van der Waals surface area contributed by atoms with E-state index in [4.69, 9.17) is 23.2 Å². The lowest BCUT2D eigenvalue weighted by Crippen LogP contribution is -2.22. The number of fused-ring (bicyclic) bond motifs is 1. The average Bonchev–Trinajstić information content (AvgIpc) is 2.78. The van der Waals surface area contributed by atoms with Crippen LogP contribution in [0.5, 0.6) is 0 Å². The van der Waals surface area contributed by atoms with E-state index < -0.39 is 0 Å². The molecule has 1 aromatic carbocycles. The zero-order valence-corrected chi connectivity index (χ0v) is 14.7. The van der Waals surface area contributed by atoms with E-state index in [0.29, 0.717) is 20.7 Å². The molecule has 1 N–H and O–H groups in total. The van der Waals surface area contributed by atoms with Gasteiger partial charge in [-0.3, -0.25) is 4.79 Å². The monoisotopic (exact) mass is 394 g/mol. The van der Waals surface area contributed by atoms with Crippen LogP contribution in [0.4, 0.5) is 5.13 Å². The lowest BCUT2D eigenvalue weighted by atomic mass is 10.2. The maximum absolute atomic E-state index is 12.0. The number of hydrogen-bond acceptors (Lipinski definition) is 3. The standard InChI is InChI=1S/C13H13BrCl2N2OS/c1-2-3-4-8(14)12(19)18-13-17-11-9(16)5-7(15)6-10(11)20-13/h5-6,8H,2-4H2,1H3,(H,17,18,19)/t8-/m0/s1. The smallest absolute Gasteiger partial charge is 0.239 e. The average molecular weight is 396 g/mol. The summed E-state index contributed by atoms with van der Waals surface area (Å²) in [4.78, 5) is 16.1. The number of thiazole rings is 1. The number of unbranched alkanes of at least 4 members (excludes halogenated alkanes) is 1. The van der Waals surface area contributed by atoms with Gasteiger partial charge < -0.3 is 5.32 Å². The number of aromatic nitrogens is 1. The third-order valence-corrected chi connectivity index (χ3v) is 5.04. The Kier molecular flexibility index (Phi) is 5.66. The van der Waals surface area contributed by atoms with E-state index in [0.717, 1.165) is 24.0 Å². The van der Waals surface area contributed by atoms with Crippen LogP contribution in [0.25, 0.3) is 10.2 Å². The van der Waals surface area contributed by atoms with Gasteiger partial charge >= 0.3 is 0 Å². The van der Waals surface area contributed by atoms with E-state index in [1.807, 2.05) is 0 Å². The molecule has 20 heavy (non-hydrogen) atoms. The molecule has 0 aliphatic heterocycles. The molecule has 0 spiro atoms. The van der Waals surface area contributed by atoms with E-state index >= 15 is 0 Å². The highest BCUT2D eigenvalue weighted by molar-refractivity contribution is 9.10. The molecular formula is C13H13BrCl2N2OS. The van der Waals surface area contributed by atoms with Crippen LogP contribution >= 0.6 is 50.5 Å². The Balaban J connectivity index is 2.14. The van der Waals surface area contributed by atoms with Crippen LogP contribution in [0.3, 0.4) is 0 Å². The number of benzene rings is 1. The van der Waals surface area contributed by atoms with Crippen molar-refractivity contribution in [3.8, 4) is 0 Å². The Morgan fingerprint density at radius 1 is 1.50 bits per heavy atom. The van der Waals surface area contributed by atoms with Crippen molar-refractivity contribution in [1.82, 2.24) is 4.98 Å². The Hall–Kier alpha value is -0.360. The molecule has 1 atom stereocenters. The molecule has 0 aliphatic carbocycles. The van der Waals surface area contributed by atoms with E-state index in [2.05, 4.69) is 33.2 Å². The van der Waals surface area contributed by atoms with Crippen molar-refractivity contribution >= 4 is 71.7 Å². The molecule has 0 aliphatic rings. The number of rotatable bonds is 5. The third-order valence-electron chi connectivity index (χ3n) is 2.74. The molecule has 108 valence electrons. The highest BCUT2D eigenvalue weighted by Crippen LogP contribution is 2.33. The van der Waals surface area contributed by atoms with Gasteiger partial charge in [-0.1, -0.05) is 70.2 Å². The van der Waals surface area contributed by atoms with Crippen LogP contribution in [0, 0.1) is 0 Å². The molecule has 3 nitrogen and oxygen atoms in total. The fraction of sp³-hybridized carbons (Fsp3) is 0.385. The summed E-state index contributed by atoms with van der Waals surface area (Å²) in [7, 11) is 0. The lowest BCUT2D eigenvalue weighted by molar-refractivity contribution is -0.115. The number of nitrogens with zero attached hydrogens (tertiary/aromatic N) is 1. The second-order valence-corrected chi connectivity index (χ2v) is 7.33. The molecule has 1 aromatic heterocycles. The summed E-state index contributed by atoms with van der Waals surface area (Å²) >= 11 is 16.8. The fourth-order valence-corrected chi connectivity index (χ4v) is 3.74. The summed E-state index contributed by atoms with van der Waals surface area (Å²) in [6, 6.07) is 3.43. The van der Waals surface area contributed by atoms with Gasteiger partial charge in [-0.25, -0.2) is 4.98 Å². The number of carbonyl (C=O) groups is 1. The van der Waals surface area contributed by atoms with Crippen molar-refractivity contribution in [3.63, 3.8) is 0 Å². The quantitative estimate of drug-likeness (QED) is 0.679. The zero-order chi connectivity index (χ0) is 14.7. The molecule has 0 saturated carbocycles. The predicted molar refractivity (Wildman–Crippen MR) is 90.5 cm³/mol. The Labute approximate surface area is 139 Å². The van der Waals surface area contributed by atoms with Gasteiger partial charge in [-0.15, -0.1) is 0 Å². The molecule has 0 saturated heterocycles. The first-order valence-electron chi connectivity index (χ1n) is 6.21. The number of amides is 1. The Bertz CT molecular complexity index is 632. The van der Waals surface area contributed by atoms with E-state index in [1.165, 1.54) is 11.3 Å². The number of alkyl halides is 1. The molecular weight excluding hydrogens is 383 g/mol. The van der Waals surface area contributed by atoms with Gasteiger partial charge in [-0.05, 0) is 18.6 Å². The van der Waals surface area contributed by atoms with Gasteiger partial charge in [-0.2, -0.15) is 0 Å². The van der Waals surface area contributed by atoms with E-state index in [1.54, 1.807) is 12.1 Å². The number of hydrogen-bond donors (Lipinski definition) is 1. The highest BCUT2D eigenvalue weighted by atomic mass is 79.9. The van der Waals surface area contributed by atoms with Gasteiger partial charge in [0.05, 0.1) is 14.5 Å². The molecule has 0 radical (unpaired) electrons. The van der Waals surface area contributed by atoms with Crippen LogP contribution in [-0.4, -0.2) is 15.7 Å². The second-order valence-electron chi connectivity index (χ2n) is 4.35. The third kappa shape index (κ3) is 3.85. The van der Waals surface area contributed by atoms with Gasteiger partial charge in [0.2, 0.25) is 5.91 Å². The number of halogens is 3. The van der Waals surface area contributed by atoms with Crippen molar-refractivity contribution < 1.29 is 4.79 Å². The molecule has 0 fully saturated rings. The largest absolute Gasteiger partial charge is 0.301 e. The van der Waals surface area contributed by atoms with E-state index in [9.17, 15) is 4.79 Å². The van der Waals surface area contributed by atoms with Gasteiger partial charge in [0.1, 0.15) is 5.52 Å². The lowest BCUT2D eigenvalue weighted by Gasteiger charge is -2.07. The van der Waals surface area contributed by atoms with Crippen molar-refractivity contribution in [3.05, 3.63) is 22.2 Å². The second kappa shape index (κ2) is 7.07. The summed E-state index contributed by atoms with van der Waals surface area (Å²) < 4.78 is 0.859. The fourth-order valence-electron chi connectivity index (χ4n) is 1.71. The SMILES string of the molecule is CCCC[C@H](Br)C(=O)Nc1nc2c(Cl)cc(Cl)cc2s1. The van der Waals surface area contributed by atoms with Crippen LogP contribution in [0.1, 0.15) is 26.2 Å². The van der Waals surface area contributed by atoms with Crippen molar-refractivity contribution in [2.75, 3.05) is 5.32 Å². The van der Waals surface area contributed by atoms with E-state index in [-0.39, 0.29) is 10.7 Å². The molecule has 1 heterocycles. The van der Waals surface area contributed by atoms with Crippen LogP contribution in [0.15, 0.2) is 12.1 Å². The highest BCUT2D eigenvalue weighted by Gasteiger charge is 2.17. The summed E-state index contributed by atoms with van der Waals surface area (Å²) in [5, 5.41) is 4.40. The minimum atomic E-state index is -0.200. The predicted octanol–water partition coefficient (Wildman–Crippen LogP) is 5.50. The summed E-state index contributed by atoms with van der Waals surface area (Å²) in [6.45, 7) is 2.09. The zero-order valence-electron chi connectivity index (χ0n) is 10.8. The molecule has 2 rings (SSSR count). The first-order chi connectivity index (χ1) is 9.51. The first kappa shape index (κ1) is 16.0. The van der Waals surface area contributed by atoms with Crippen LogP contribution in [-0.2, 0) is 4.79 Å².